The number of fused-ring (bicyclic) bond motifs is 5. The van der Waals surface area contributed by atoms with E-state index in [4.69, 9.17) is 29.2 Å². The summed E-state index contributed by atoms with van der Waals surface area (Å²) in [4.78, 5) is 75.0. The largest absolute Gasteiger partial charge is 0.477 e. The summed E-state index contributed by atoms with van der Waals surface area (Å²) in [6.45, 7) is 15.8. The molecule has 3 saturated heterocycles. The van der Waals surface area contributed by atoms with Gasteiger partial charge in [0.1, 0.15) is 34.2 Å². The molecule has 372 valence electrons. The molecule has 2 aromatic heterocycles. The van der Waals surface area contributed by atoms with Gasteiger partial charge in [-0.3, -0.25) is 24.3 Å². The number of ketones is 3. The number of pyridine rings is 1. The Balaban J connectivity index is 1.06. The summed E-state index contributed by atoms with van der Waals surface area (Å²) in [5.41, 5.74) is -0.284. The Morgan fingerprint density at radius 1 is 0.930 bits per heavy atom. The van der Waals surface area contributed by atoms with E-state index in [2.05, 4.69) is 4.90 Å². The number of hydrogen-bond donors (Lipinski definition) is 0. The summed E-state index contributed by atoms with van der Waals surface area (Å²) in [6.07, 6.45) is 5.24. The third kappa shape index (κ3) is 9.01. The van der Waals surface area contributed by atoms with Crippen LogP contribution in [0.3, 0.4) is 0 Å². The molecule has 3 aliphatic heterocycles. The molecule has 0 N–H and O–H groups in total. The Morgan fingerprint density at radius 3 is 2.30 bits per heavy atom. The van der Waals surface area contributed by atoms with Gasteiger partial charge in [0.15, 0.2) is 17.7 Å². The van der Waals surface area contributed by atoms with Crippen LogP contribution in [0.1, 0.15) is 125 Å². The first-order valence-corrected chi connectivity index (χ1v) is 24.7. The number of anilines is 1. The van der Waals surface area contributed by atoms with Crippen molar-refractivity contribution in [3.8, 4) is 23.0 Å². The van der Waals surface area contributed by atoms with E-state index in [1.54, 1.807) is 45.9 Å². The minimum absolute atomic E-state index is 0.0380. The van der Waals surface area contributed by atoms with E-state index in [0.717, 1.165) is 50.9 Å². The molecule has 5 aliphatic rings. The fourth-order valence-corrected chi connectivity index (χ4v) is 10.9. The highest BCUT2D eigenvalue weighted by Crippen LogP contribution is 2.48. The predicted octanol–water partition coefficient (Wildman–Crippen LogP) is 10.5. The van der Waals surface area contributed by atoms with Crippen molar-refractivity contribution < 1.29 is 46.6 Å². The lowest BCUT2D eigenvalue weighted by Gasteiger charge is -2.42. The molecule has 13 nitrogen and oxygen atoms in total. The third-order valence-electron chi connectivity index (χ3n) is 14.7. The molecular formula is C55H59F3N6O7. The number of likely N-dealkylation sites (tertiary alicyclic amines) is 1. The lowest BCUT2D eigenvalue weighted by molar-refractivity contribution is -0.120. The van der Waals surface area contributed by atoms with Crippen LogP contribution in [0, 0.1) is 22.5 Å². The number of piperazine rings is 1. The fraction of sp³-hybridized carbons (Fsp3) is 0.473. The smallest absolute Gasteiger partial charge is 0.410 e. The van der Waals surface area contributed by atoms with E-state index >= 15 is 8.78 Å². The van der Waals surface area contributed by atoms with E-state index < -0.39 is 40.3 Å². The quantitative estimate of drug-likeness (QED) is 0.0918. The van der Waals surface area contributed by atoms with Crippen LogP contribution in [0.4, 0.5) is 23.8 Å². The maximum absolute atomic E-state index is 18.0. The second kappa shape index (κ2) is 18.0. The van der Waals surface area contributed by atoms with E-state index in [1.807, 2.05) is 30.6 Å². The lowest BCUT2D eigenvalue weighted by Crippen LogP contribution is -2.57. The Hall–Kier alpha value is -6.42. The number of halogens is 3. The maximum atomic E-state index is 18.0. The van der Waals surface area contributed by atoms with Gasteiger partial charge in [-0.05, 0) is 106 Å². The number of aryl methyl sites for hydroxylation is 1. The summed E-state index contributed by atoms with van der Waals surface area (Å²) < 4.78 is 65.8. The van der Waals surface area contributed by atoms with Crippen molar-refractivity contribution in [2.24, 2.45) is 10.8 Å². The summed E-state index contributed by atoms with van der Waals surface area (Å²) in [5, 5.41) is 1.13. The number of amides is 1. The zero-order valence-electron chi connectivity index (χ0n) is 41.3. The summed E-state index contributed by atoms with van der Waals surface area (Å²) in [6, 6.07) is 10.1. The molecule has 1 unspecified atom stereocenters. The van der Waals surface area contributed by atoms with Gasteiger partial charge in [0.25, 0.3) is 0 Å². The van der Waals surface area contributed by atoms with Crippen molar-refractivity contribution in [2.45, 2.75) is 117 Å². The van der Waals surface area contributed by atoms with Gasteiger partial charge in [0.05, 0.1) is 30.4 Å². The molecule has 1 saturated carbocycles. The number of benzene rings is 3. The molecule has 0 spiro atoms. The van der Waals surface area contributed by atoms with Crippen LogP contribution in [0.2, 0.25) is 0 Å². The Morgan fingerprint density at radius 2 is 1.65 bits per heavy atom. The number of rotatable bonds is 11. The van der Waals surface area contributed by atoms with E-state index in [9.17, 15) is 23.6 Å². The van der Waals surface area contributed by atoms with Crippen LogP contribution in [0.15, 0.2) is 60.6 Å². The van der Waals surface area contributed by atoms with Crippen LogP contribution < -0.4 is 14.4 Å². The molecule has 2 aliphatic carbocycles. The van der Waals surface area contributed by atoms with Crippen molar-refractivity contribution in [3.63, 3.8) is 0 Å². The number of piperidine rings is 1. The van der Waals surface area contributed by atoms with Gasteiger partial charge in [0.2, 0.25) is 11.6 Å². The summed E-state index contributed by atoms with van der Waals surface area (Å²) >= 11 is 0. The molecule has 5 heterocycles. The predicted molar refractivity (Wildman–Crippen MR) is 262 cm³/mol. The van der Waals surface area contributed by atoms with Gasteiger partial charge in [-0.15, -0.1) is 0 Å². The Kier molecular flexibility index (Phi) is 12.2. The molecule has 3 atom stereocenters. The molecule has 1 amide bonds. The van der Waals surface area contributed by atoms with Crippen molar-refractivity contribution in [3.05, 3.63) is 94.5 Å². The highest BCUT2D eigenvalue weighted by molar-refractivity contribution is 6.49. The maximum Gasteiger partial charge on any atom is 0.410 e. The normalized spacial score (nSPS) is 21.0. The van der Waals surface area contributed by atoms with Crippen molar-refractivity contribution in [1.29, 1.82) is 0 Å². The first-order valence-electron chi connectivity index (χ1n) is 24.7. The van der Waals surface area contributed by atoms with Crippen molar-refractivity contribution >= 4 is 50.9 Å². The molecule has 10 rings (SSSR count). The zero-order chi connectivity index (χ0) is 50.3. The van der Waals surface area contributed by atoms with Crippen LogP contribution in [0.25, 0.3) is 32.9 Å². The molecule has 71 heavy (non-hydrogen) atoms. The average molecular weight is 973 g/mol. The first kappa shape index (κ1) is 48.2. The van der Waals surface area contributed by atoms with E-state index in [1.165, 1.54) is 30.5 Å². The first-order chi connectivity index (χ1) is 33.8. The zero-order valence-corrected chi connectivity index (χ0v) is 41.3. The average Bonchev–Trinajstić information content (AvgIpc) is 3.99. The van der Waals surface area contributed by atoms with Crippen molar-refractivity contribution in [2.75, 3.05) is 44.2 Å². The SMILES string of the molecule is CCc1c(F)ccc2cc(OC3C(=O)C(=O)c4cccc(C(=O)C(C)(C)C)c43)cc(-c3ncc4c(N5C[C@H]6CC[C@@H](C5)N6C(=O)OC(C)(C)C)nc(OCC5(CN6CCC(=CF)CC6)CC5)nc4c3F)c12. The number of carbonyl (C=O) groups is 4. The molecule has 2 bridgehead atoms. The number of carbonyl (C=O) groups excluding carboxylic acids is 4. The standard InChI is InChI=1S/C55H59F3N6O7/c1-8-35-40(57)15-12-31-22-34(70-48-42-36(46(65)47(48)66)10-9-11-37(42)49(67)53(2,3)4)23-38(41(31)35)44-43(58)45-39(25-59-44)50(63-26-32-13-14-33(27-63)64(32)52(68)71-54(5,6)7)61-51(60-45)69-29-55(18-19-55)28-62-20-16-30(24-56)17-21-62/h9-12,15,22-25,32-33,48H,8,13-14,16-21,26-29H2,1-7H3/t32-,33+,48?. The highest BCUT2D eigenvalue weighted by atomic mass is 19.1. The lowest BCUT2D eigenvalue weighted by atomic mass is 9.83. The van der Waals surface area contributed by atoms with Gasteiger partial charge < -0.3 is 24.0 Å². The number of Topliss-reactive ketones (excluding diaryl/α,β-unsaturated/α-hetero) is 3. The number of aromatic nitrogens is 3. The molecule has 5 aromatic rings. The Labute approximate surface area is 410 Å². The second-order valence-corrected chi connectivity index (χ2v) is 22.0. The Bertz CT molecular complexity index is 3040. The van der Waals surface area contributed by atoms with Gasteiger partial charge >= 0.3 is 12.1 Å². The van der Waals surface area contributed by atoms with Crippen LogP contribution in [0.5, 0.6) is 11.8 Å². The van der Waals surface area contributed by atoms with Crippen LogP contribution >= 0.6 is 0 Å². The molecule has 0 radical (unpaired) electrons. The van der Waals surface area contributed by atoms with E-state index in [0.29, 0.717) is 59.8 Å². The number of nitrogens with zero attached hydrogens (tertiary/aromatic N) is 6. The highest BCUT2D eigenvalue weighted by Gasteiger charge is 2.48. The minimum Gasteiger partial charge on any atom is -0.477 e. The van der Waals surface area contributed by atoms with Crippen LogP contribution in [-0.2, 0) is 16.0 Å². The van der Waals surface area contributed by atoms with Crippen molar-refractivity contribution in [1.82, 2.24) is 24.8 Å². The molecular weight excluding hydrogens is 914 g/mol. The molecule has 16 heteroatoms. The van der Waals surface area contributed by atoms with Gasteiger partial charge in [-0.2, -0.15) is 9.97 Å². The number of ether oxygens (including phenoxy) is 3. The molecule has 4 fully saturated rings. The van der Waals surface area contributed by atoms with Gasteiger partial charge in [-0.25, -0.2) is 18.0 Å². The van der Waals surface area contributed by atoms with Gasteiger partial charge in [-0.1, -0.05) is 52.0 Å². The monoisotopic (exact) mass is 972 g/mol. The number of hydrogen-bond acceptors (Lipinski definition) is 12. The molecule has 3 aromatic carbocycles. The van der Waals surface area contributed by atoms with Gasteiger partial charge in [0, 0.05) is 72.0 Å². The summed E-state index contributed by atoms with van der Waals surface area (Å²) in [7, 11) is 0. The second-order valence-electron chi connectivity index (χ2n) is 22.0. The van der Waals surface area contributed by atoms with Crippen LogP contribution in [-0.4, -0.2) is 105 Å². The fourth-order valence-electron chi connectivity index (χ4n) is 10.9. The topological polar surface area (TPSA) is 144 Å². The summed E-state index contributed by atoms with van der Waals surface area (Å²) in [5.74, 6) is -2.82. The third-order valence-corrected chi connectivity index (χ3v) is 14.7. The van der Waals surface area contributed by atoms with E-state index in [-0.39, 0.29) is 87.6 Å². The minimum atomic E-state index is -1.49.